The summed E-state index contributed by atoms with van der Waals surface area (Å²) in [6.07, 6.45) is 7.69. The number of nitrogens with one attached hydrogen (secondary N) is 1. The fourth-order valence-corrected chi connectivity index (χ4v) is 6.50. The van der Waals surface area contributed by atoms with E-state index in [1.165, 1.54) is 17.7 Å². The zero-order chi connectivity index (χ0) is 33.8. The predicted molar refractivity (Wildman–Crippen MR) is 185 cm³/mol. The summed E-state index contributed by atoms with van der Waals surface area (Å²) in [7, 11) is 0.264. The minimum atomic E-state index is -3.78. The molecule has 2 heterocycles. The van der Waals surface area contributed by atoms with E-state index in [0.717, 1.165) is 48.3 Å². The standard InChI is InChI=1S/C35H46N6O6S/c1-27-9-15-31(16-10-27)48(42,43)47-24-22-45-20-19-44-21-23-46-30-13-11-29(12-14-30)38-35-36-18-17-33(39-35)32-25-37-41(34(32)40(2)3)26-28-7-5-4-6-8-28/h4-10,15-18,25,29-30H,11-14,19-24,26H2,1-3H3,(H,36,38,39). The number of hydrogen-bond acceptors (Lipinski definition) is 11. The Kier molecular flexibility index (Phi) is 12.9. The maximum Gasteiger partial charge on any atom is 0.297 e. The van der Waals surface area contributed by atoms with Gasteiger partial charge in [0, 0.05) is 26.3 Å². The summed E-state index contributed by atoms with van der Waals surface area (Å²) in [6, 6.07) is 19.0. The molecule has 4 aromatic rings. The van der Waals surface area contributed by atoms with E-state index in [2.05, 4.69) is 32.4 Å². The maximum atomic E-state index is 12.2. The van der Waals surface area contributed by atoms with Crippen molar-refractivity contribution in [3.05, 3.63) is 84.2 Å². The minimum absolute atomic E-state index is 0.0490. The second kappa shape index (κ2) is 17.5. The Bertz CT molecular complexity index is 1660. The lowest BCUT2D eigenvalue weighted by Gasteiger charge is -2.29. The topological polar surface area (TPSA) is 130 Å². The molecule has 0 amide bonds. The van der Waals surface area contributed by atoms with Gasteiger partial charge < -0.3 is 24.4 Å². The summed E-state index contributed by atoms with van der Waals surface area (Å²) < 4.78 is 48.5. The monoisotopic (exact) mass is 678 g/mol. The van der Waals surface area contributed by atoms with Crippen molar-refractivity contribution in [3.8, 4) is 11.3 Å². The van der Waals surface area contributed by atoms with E-state index >= 15 is 0 Å². The zero-order valence-corrected chi connectivity index (χ0v) is 28.8. The van der Waals surface area contributed by atoms with Gasteiger partial charge in [-0.2, -0.15) is 13.5 Å². The summed E-state index contributed by atoms with van der Waals surface area (Å²) in [5, 5.41) is 8.21. The molecule has 1 aliphatic carbocycles. The molecule has 0 atom stereocenters. The number of aromatic nitrogens is 4. The van der Waals surface area contributed by atoms with Crippen molar-refractivity contribution in [1.29, 1.82) is 0 Å². The van der Waals surface area contributed by atoms with Gasteiger partial charge in [-0.15, -0.1) is 0 Å². The first kappa shape index (κ1) is 35.4. The molecule has 0 aliphatic heterocycles. The average molecular weight is 679 g/mol. The van der Waals surface area contributed by atoms with Crippen molar-refractivity contribution >= 4 is 21.9 Å². The van der Waals surface area contributed by atoms with Crippen molar-refractivity contribution in [3.63, 3.8) is 0 Å². The van der Waals surface area contributed by atoms with Crippen LogP contribution >= 0.6 is 0 Å². The molecule has 48 heavy (non-hydrogen) atoms. The number of benzene rings is 2. The minimum Gasteiger partial charge on any atom is -0.377 e. The summed E-state index contributed by atoms with van der Waals surface area (Å²) in [4.78, 5) is 11.6. The molecule has 0 unspecified atom stereocenters. The van der Waals surface area contributed by atoms with Crippen LogP contribution in [-0.4, -0.2) is 94.0 Å². The highest BCUT2D eigenvalue weighted by Crippen LogP contribution is 2.30. The molecule has 0 spiro atoms. The van der Waals surface area contributed by atoms with Gasteiger partial charge in [-0.25, -0.2) is 14.6 Å². The van der Waals surface area contributed by atoms with Crippen molar-refractivity contribution in [1.82, 2.24) is 19.7 Å². The van der Waals surface area contributed by atoms with Crippen LogP contribution in [0.15, 0.2) is 78.0 Å². The lowest BCUT2D eigenvalue weighted by atomic mass is 9.93. The predicted octanol–water partition coefficient (Wildman–Crippen LogP) is 4.94. The van der Waals surface area contributed by atoms with Crippen molar-refractivity contribution in [2.24, 2.45) is 0 Å². The number of nitrogens with zero attached hydrogens (tertiary/aromatic N) is 5. The SMILES string of the molecule is Cc1ccc(S(=O)(=O)OCCOCCOCCOC2CCC(Nc3nccc(-c4cnn(Cc5ccccc5)c4N(C)C)n3)CC2)cc1. The Balaban J connectivity index is 0.960. The van der Waals surface area contributed by atoms with E-state index in [0.29, 0.717) is 38.9 Å². The Labute approximate surface area is 283 Å². The Morgan fingerprint density at radius 1 is 0.875 bits per heavy atom. The number of anilines is 2. The van der Waals surface area contributed by atoms with Gasteiger partial charge in [-0.1, -0.05) is 48.0 Å². The van der Waals surface area contributed by atoms with Crippen LogP contribution in [-0.2, 0) is 35.1 Å². The Hall–Kier alpha value is -3.88. The molecule has 0 radical (unpaired) electrons. The molecule has 5 rings (SSSR count). The molecule has 2 aromatic carbocycles. The molecule has 1 saturated carbocycles. The number of hydrogen-bond donors (Lipinski definition) is 1. The Morgan fingerprint density at radius 2 is 1.56 bits per heavy atom. The van der Waals surface area contributed by atoms with E-state index in [4.69, 9.17) is 23.4 Å². The quantitative estimate of drug-likeness (QED) is 0.113. The summed E-state index contributed by atoms with van der Waals surface area (Å²) in [6.45, 7) is 4.41. The number of aryl methyl sites for hydroxylation is 1. The van der Waals surface area contributed by atoms with Gasteiger partial charge in [0.2, 0.25) is 5.95 Å². The molecule has 13 heteroatoms. The van der Waals surface area contributed by atoms with Crippen LogP contribution in [0, 0.1) is 6.92 Å². The maximum absolute atomic E-state index is 12.2. The van der Waals surface area contributed by atoms with Crippen molar-refractivity contribution < 1.29 is 26.8 Å². The molecular weight excluding hydrogens is 632 g/mol. The molecule has 2 aromatic heterocycles. The van der Waals surface area contributed by atoms with Crippen LogP contribution in [0.2, 0.25) is 0 Å². The fraction of sp³-hybridized carbons (Fsp3) is 0.457. The van der Waals surface area contributed by atoms with Gasteiger partial charge in [0.05, 0.1) is 74.6 Å². The molecule has 1 N–H and O–H groups in total. The van der Waals surface area contributed by atoms with Crippen LogP contribution < -0.4 is 10.2 Å². The lowest BCUT2D eigenvalue weighted by Crippen LogP contribution is -2.31. The molecule has 0 saturated heterocycles. The van der Waals surface area contributed by atoms with E-state index in [9.17, 15) is 8.42 Å². The van der Waals surface area contributed by atoms with Gasteiger partial charge in [-0.05, 0) is 56.4 Å². The summed E-state index contributed by atoms with van der Waals surface area (Å²) >= 11 is 0. The molecule has 1 aliphatic rings. The van der Waals surface area contributed by atoms with Crippen molar-refractivity contribution in [2.75, 3.05) is 64.0 Å². The summed E-state index contributed by atoms with van der Waals surface area (Å²) in [5.74, 6) is 1.61. The van der Waals surface area contributed by atoms with Crippen LogP contribution in [0.5, 0.6) is 0 Å². The van der Waals surface area contributed by atoms with Gasteiger partial charge in [-0.3, -0.25) is 4.18 Å². The number of rotatable bonds is 18. The second-order valence-electron chi connectivity index (χ2n) is 12.0. The summed E-state index contributed by atoms with van der Waals surface area (Å²) in [5.41, 5.74) is 3.96. The first-order valence-corrected chi connectivity index (χ1v) is 17.8. The molecule has 1 fully saturated rings. The van der Waals surface area contributed by atoms with Gasteiger partial charge in [0.15, 0.2) is 0 Å². The van der Waals surface area contributed by atoms with E-state index in [-0.39, 0.29) is 30.3 Å². The molecule has 258 valence electrons. The molecular formula is C35H46N6O6S. The van der Waals surface area contributed by atoms with Crippen LogP contribution in [0.1, 0.15) is 36.8 Å². The third-order valence-electron chi connectivity index (χ3n) is 8.08. The number of ether oxygens (including phenoxy) is 3. The van der Waals surface area contributed by atoms with Gasteiger partial charge in [0.1, 0.15) is 5.82 Å². The van der Waals surface area contributed by atoms with Gasteiger partial charge in [0.25, 0.3) is 10.1 Å². The first-order chi connectivity index (χ1) is 23.3. The van der Waals surface area contributed by atoms with E-state index in [1.54, 1.807) is 18.3 Å². The van der Waals surface area contributed by atoms with E-state index in [1.807, 2.05) is 56.2 Å². The van der Waals surface area contributed by atoms with Crippen LogP contribution in [0.4, 0.5) is 11.8 Å². The van der Waals surface area contributed by atoms with Crippen LogP contribution in [0.3, 0.4) is 0 Å². The second-order valence-corrected chi connectivity index (χ2v) is 13.6. The third kappa shape index (κ3) is 10.3. The van der Waals surface area contributed by atoms with Gasteiger partial charge >= 0.3 is 0 Å². The largest absolute Gasteiger partial charge is 0.377 e. The Morgan fingerprint density at radius 3 is 2.27 bits per heavy atom. The normalized spacial score (nSPS) is 16.6. The first-order valence-electron chi connectivity index (χ1n) is 16.4. The molecule has 12 nitrogen and oxygen atoms in total. The average Bonchev–Trinajstić information content (AvgIpc) is 3.51. The van der Waals surface area contributed by atoms with Crippen LogP contribution in [0.25, 0.3) is 11.3 Å². The highest BCUT2D eigenvalue weighted by atomic mass is 32.2. The third-order valence-corrected chi connectivity index (χ3v) is 9.40. The molecule has 0 bridgehead atoms. The fourth-order valence-electron chi connectivity index (χ4n) is 5.61. The highest BCUT2D eigenvalue weighted by molar-refractivity contribution is 7.86. The lowest BCUT2D eigenvalue weighted by molar-refractivity contribution is -0.0242. The zero-order valence-electron chi connectivity index (χ0n) is 28.0. The highest BCUT2D eigenvalue weighted by Gasteiger charge is 2.23. The van der Waals surface area contributed by atoms with E-state index < -0.39 is 10.1 Å². The smallest absolute Gasteiger partial charge is 0.297 e. The van der Waals surface area contributed by atoms with Crippen molar-refractivity contribution in [2.45, 2.75) is 56.2 Å².